The van der Waals surface area contributed by atoms with Gasteiger partial charge >= 0.3 is 0 Å². The quantitative estimate of drug-likeness (QED) is 0.825. The third-order valence-electron chi connectivity index (χ3n) is 3.19. The number of benzene rings is 2. The van der Waals surface area contributed by atoms with E-state index in [1.165, 1.54) is 0 Å². The molecule has 0 unspecified atom stereocenters. The average Bonchev–Trinajstić information content (AvgIpc) is 2.47. The van der Waals surface area contributed by atoms with Gasteiger partial charge in [-0.05, 0) is 25.1 Å². The minimum atomic E-state index is -0.304. The first-order valence-corrected chi connectivity index (χ1v) is 7.48. The summed E-state index contributed by atoms with van der Waals surface area (Å²) in [4.78, 5) is 0. The molecule has 0 bridgehead atoms. The molecule has 0 spiro atoms. The molecule has 0 aliphatic rings. The summed E-state index contributed by atoms with van der Waals surface area (Å²) in [5.41, 5.74) is 2.09. The fourth-order valence-corrected chi connectivity index (χ4v) is 2.25. The Morgan fingerprint density at radius 2 is 1.76 bits per heavy atom. The van der Waals surface area contributed by atoms with Gasteiger partial charge in [0.15, 0.2) is 0 Å². The molecule has 2 rings (SSSR count). The second kappa shape index (κ2) is 8.03. The Kier molecular flexibility index (Phi) is 6.05. The van der Waals surface area contributed by atoms with Gasteiger partial charge in [0, 0.05) is 16.1 Å². The molecule has 0 aliphatic heterocycles. The largest absolute Gasteiger partial charge is 0.488 e. The van der Waals surface area contributed by atoms with Crippen molar-refractivity contribution in [3.05, 3.63) is 64.7 Å². The minimum absolute atomic E-state index is 0.304. The Morgan fingerprint density at radius 1 is 1.10 bits per heavy atom. The SMILES string of the molecule is C[C@@H](O)C[NH2+]Cc1ccccc1OCc1ccccc1Cl. The van der Waals surface area contributed by atoms with Gasteiger partial charge in [0.2, 0.25) is 0 Å². The molecule has 112 valence electrons. The zero-order valence-electron chi connectivity index (χ0n) is 12.1. The minimum Gasteiger partial charge on any atom is -0.488 e. The molecule has 2 aromatic carbocycles. The molecule has 0 fully saturated rings. The molecule has 0 saturated carbocycles. The summed E-state index contributed by atoms with van der Waals surface area (Å²) in [6.07, 6.45) is -0.304. The maximum atomic E-state index is 9.31. The lowest BCUT2D eigenvalue weighted by Gasteiger charge is -2.12. The van der Waals surface area contributed by atoms with Crippen molar-refractivity contribution in [1.29, 1.82) is 0 Å². The number of hydrogen-bond acceptors (Lipinski definition) is 2. The summed E-state index contributed by atoms with van der Waals surface area (Å²) >= 11 is 6.13. The van der Waals surface area contributed by atoms with Crippen LogP contribution in [0.1, 0.15) is 18.1 Å². The summed E-state index contributed by atoms with van der Waals surface area (Å²) in [7, 11) is 0. The molecule has 3 N–H and O–H groups in total. The third-order valence-corrected chi connectivity index (χ3v) is 3.55. The van der Waals surface area contributed by atoms with Crippen molar-refractivity contribution in [2.45, 2.75) is 26.2 Å². The zero-order valence-corrected chi connectivity index (χ0v) is 12.9. The number of para-hydroxylation sites is 1. The maximum absolute atomic E-state index is 9.31. The predicted molar refractivity (Wildman–Crippen MR) is 84.4 cm³/mol. The molecule has 0 aromatic heterocycles. The van der Waals surface area contributed by atoms with Crippen molar-refractivity contribution in [2.24, 2.45) is 0 Å². The van der Waals surface area contributed by atoms with Crippen molar-refractivity contribution in [2.75, 3.05) is 6.54 Å². The van der Waals surface area contributed by atoms with Crippen molar-refractivity contribution >= 4 is 11.6 Å². The van der Waals surface area contributed by atoms with E-state index in [0.29, 0.717) is 13.2 Å². The molecule has 2 aromatic rings. The number of nitrogens with two attached hydrogens (primary N) is 1. The zero-order chi connectivity index (χ0) is 15.1. The van der Waals surface area contributed by atoms with Crippen LogP contribution in [0.15, 0.2) is 48.5 Å². The van der Waals surface area contributed by atoms with Gasteiger partial charge < -0.3 is 15.2 Å². The van der Waals surface area contributed by atoms with Crippen LogP contribution in [0.25, 0.3) is 0 Å². The van der Waals surface area contributed by atoms with Gasteiger partial charge in [-0.15, -0.1) is 0 Å². The summed E-state index contributed by atoms with van der Waals surface area (Å²) in [5.74, 6) is 0.860. The van der Waals surface area contributed by atoms with Crippen LogP contribution in [0.3, 0.4) is 0 Å². The molecule has 0 amide bonds. The average molecular weight is 307 g/mol. The summed E-state index contributed by atoms with van der Waals surface area (Å²) in [6, 6.07) is 15.6. The van der Waals surface area contributed by atoms with E-state index in [1.807, 2.05) is 48.5 Å². The number of hydrogen-bond donors (Lipinski definition) is 2. The molecular weight excluding hydrogens is 286 g/mol. The van der Waals surface area contributed by atoms with Gasteiger partial charge in [0.1, 0.15) is 25.4 Å². The molecule has 0 heterocycles. The number of ether oxygens (including phenoxy) is 1. The molecule has 0 aliphatic carbocycles. The Balaban J connectivity index is 1.98. The highest BCUT2D eigenvalue weighted by Gasteiger charge is 2.07. The van der Waals surface area contributed by atoms with Gasteiger partial charge in [-0.25, -0.2) is 0 Å². The van der Waals surface area contributed by atoms with Gasteiger partial charge in [-0.2, -0.15) is 0 Å². The highest BCUT2D eigenvalue weighted by molar-refractivity contribution is 6.31. The first-order chi connectivity index (χ1) is 10.2. The second-order valence-corrected chi connectivity index (χ2v) is 5.47. The van der Waals surface area contributed by atoms with Crippen LogP contribution >= 0.6 is 11.6 Å². The molecule has 21 heavy (non-hydrogen) atoms. The van der Waals surface area contributed by atoms with Gasteiger partial charge in [-0.1, -0.05) is 41.9 Å². The molecule has 4 heteroatoms. The van der Waals surface area contributed by atoms with Crippen molar-refractivity contribution in [3.63, 3.8) is 0 Å². The van der Waals surface area contributed by atoms with E-state index in [9.17, 15) is 5.11 Å². The summed E-state index contributed by atoms with van der Waals surface area (Å²) < 4.78 is 5.89. The van der Waals surface area contributed by atoms with Crippen LogP contribution in [0.5, 0.6) is 5.75 Å². The van der Waals surface area contributed by atoms with Crippen LogP contribution in [0, 0.1) is 0 Å². The van der Waals surface area contributed by atoms with Crippen LogP contribution in [0.2, 0.25) is 5.02 Å². The van der Waals surface area contributed by atoms with Crippen LogP contribution < -0.4 is 10.1 Å². The monoisotopic (exact) mass is 306 g/mol. The lowest BCUT2D eigenvalue weighted by Crippen LogP contribution is -2.84. The highest BCUT2D eigenvalue weighted by atomic mass is 35.5. The van der Waals surface area contributed by atoms with Gasteiger partial charge in [-0.3, -0.25) is 0 Å². The fourth-order valence-electron chi connectivity index (χ4n) is 2.06. The topological polar surface area (TPSA) is 46.1 Å². The normalized spacial score (nSPS) is 12.1. The van der Waals surface area contributed by atoms with Gasteiger partial charge in [0.05, 0.1) is 6.10 Å². The Bertz CT molecular complexity index is 572. The smallest absolute Gasteiger partial charge is 0.128 e. The van der Waals surface area contributed by atoms with Crippen LogP contribution in [-0.4, -0.2) is 17.8 Å². The number of halogens is 1. The first kappa shape index (κ1) is 15.8. The Morgan fingerprint density at radius 3 is 2.48 bits per heavy atom. The fraction of sp³-hybridized carbons (Fsp3) is 0.294. The van der Waals surface area contributed by atoms with Crippen LogP contribution in [0.4, 0.5) is 0 Å². The number of rotatable bonds is 7. The number of aliphatic hydroxyl groups excluding tert-OH is 1. The van der Waals surface area contributed by atoms with Crippen molar-refractivity contribution < 1.29 is 15.2 Å². The van der Waals surface area contributed by atoms with E-state index >= 15 is 0 Å². The maximum Gasteiger partial charge on any atom is 0.128 e. The lowest BCUT2D eigenvalue weighted by atomic mass is 10.2. The number of aliphatic hydroxyl groups is 1. The van der Waals surface area contributed by atoms with Gasteiger partial charge in [0.25, 0.3) is 0 Å². The van der Waals surface area contributed by atoms with Crippen LogP contribution in [-0.2, 0) is 13.2 Å². The third kappa shape index (κ3) is 5.05. The highest BCUT2D eigenvalue weighted by Crippen LogP contribution is 2.21. The molecule has 0 radical (unpaired) electrons. The van der Waals surface area contributed by atoms with E-state index in [2.05, 4.69) is 5.32 Å². The predicted octanol–water partition coefficient (Wildman–Crippen LogP) is 2.36. The summed E-state index contributed by atoms with van der Waals surface area (Å²) in [6.45, 7) is 3.70. The first-order valence-electron chi connectivity index (χ1n) is 7.10. The molecular formula is C17H21ClNO2+. The van der Waals surface area contributed by atoms with E-state index in [-0.39, 0.29) is 6.10 Å². The molecule has 1 atom stereocenters. The van der Waals surface area contributed by atoms with E-state index in [0.717, 1.165) is 28.4 Å². The Labute approximate surface area is 130 Å². The van der Waals surface area contributed by atoms with E-state index in [1.54, 1.807) is 6.92 Å². The summed E-state index contributed by atoms with van der Waals surface area (Å²) in [5, 5.41) is 12.1. The van der Waals surface area contributed by atoms with E-state index in [4.69, 9.17) is 16.3 Å². The van der Waals surface area contributed by atoms with E-state index < -0.39 is 0 Å². The second-order valence-electron chi connectivity index (χ2n) is 5.07. The standard InChI is InChI=1S/C17H20ClNO2/c1-13(20)10-19-11-14-6-3-5-9-17(14)21-12-15-7-2-4-8-16(15)18/h2-9,13,19-20H,10-12H2,1H3/p+1/t13-/m1/s1. The van der Waals surface area contributed by atoms with Crippen molar-refractivity contribution in [1.82, 2.24) is 0 Å². The number of quaternary nitrogens is 1. The molecule has 0 saturated heterocycles. The lowest BCUT2D eigenvalue weighted by molar-refractivity contribution is -0.676. The molecule has 3 nitrogen and oxygen atoms in total. The van der Waals surface area contributed by atoms with Crippen molar-refractivity contribution in [3.8, 4) is 5.75 Å². The Hall–Kier alpha value is -1.55.